The van der Waals surface area contributed by atoms with Crippen molar-refractivity contribution in [1.29, 1.82) is 0 Å². The molecule has 0 atom stereocenters. The van der Waals surface area contributed by atoms with Crippen LogP contribution >= 0.6 is 0 Å². The number of nitrogens with zero attached hydrogens (tertiary/aromatic N) is 6. The van der Waals surface area contributed by atoms with Gasteiger partial charge in [-0.05, 0) is 19.1 Å². The topological polar surface area (TPSA) is 93.0 Å². The van der Waals surface area contributed by atoms with Crippen LogP contribution in [0.1, 0.15) is 25.1 Å². The summed E-state index contributed by atoms with van der Waals surface area (Å²) in [5.41, 5.74) is 1.97. The van der Waals surface area contributed by atoms with Crippen molar-refractivity contribution in [1.82, 2.24) is 24.5 Å². The Morgan fingerprint density at radius 3 is 2.61 bits per heavy atom. The maximum Gasteiger partial charge on any atom is 0.231 e. The molecule has 9 nitrogen and oxygen atoms in total. The van der Waals surface area contributed by atoms with Crippen LogP contribution in [0.3, 0.4) is 0 Å². The Kier molecular flexibility index (Phi) is 5.70. The lowest BCUT2D eigenvalue weighted by molar-refractivity contribution is 0.411. The molecule has 0 radical (unpaired) electrons. The SMILES string of the molecule is CNc1nc(Nc2cnc(-n3cnc(C)c3)c(OC)c2)nc2c1C(C)(C)CN2c1cccc(F)c1F. The zero-order chi connectivity index (χ0) is 25.6. The largest absolute Gasteiger partial charge is 0.493 e. The Hall–Kier alpha value is -4.28. The number of halogens is 2. The average Bonchev–Trinajstić information content (AvgIpc) is 3.40. The van der Waals surface area contributed by atoms with Gasteiger partial charge in [-0.1, -0.05) is 19.9 Å². The van der Waals surface area contributed by atoms with Gasteiger partial charge in [-0.15, -0.1) is 0 Å². The first-order valence-electron chi connectivity index (χ1n) is 11.4. The zero-order valence-corrected chi connectivity index (χ0v) is 20.6. The maximum atomic E-state index is 14.8. The van der Waals surface area contributed by atoms with Crippen LogP contribution in [0.15, 0.2) is 43.0 Å². The number of hydrogen-bond acceptors (Lipinski definition) is 8. The van der Waals surface area contributed by atoms with Crippen molar-refractivity contribution in [3.63, 3.8) is 0 Å². The van der Waals surface area contributed by atoms with Crippen LogP contribution in [-0.2, 0) is 5.41 Å². The molecule has 1 aliphatic rings. The second-order valence-electron chi connectivity index (χ2n) is 9.18. The average molecular weight is 493 g/mol. The van der Waals surface area contributed by atoms with E-state index in [1.54, 1.807) is 48.3 Å². The molecule has 0 saturated heterocycles. The predicted molar refractivity (Wildman–Crippen MR) is 134 cm³/mol. The summed E-state index contributed by atoms with van der Waals surface area (Å²) < 4.78 is 36.1. The first-order chi connectivity index (χ1) is 17.2. The quantitative estimate of drug-likeness (QED) is 0.394. The smallest absolute Gasteiger partial charge is 0.231 e. The van der Waals surface area contributed by atoms with Crippen LogP contribution in [0.4, 0.5) is 37.7 Å². The van der Waals surface area contributed by atoms with Crippen molar-refractivity contribution >= 4 is 29.0 Å². The molecule has 0 fully saturated rings. The molecule has 0 amide bonds. The highest BCUT2D eigenvalue weighted by Crippen LogP contribution is 2.47. The molecule has 4 heterocycles. The normalized spacial score (nSPS) is 14.0. The summed E-state index contributed by atoms with van der Waals surface area (Å²) in [7, 11) is 3.33. The molecule has 0 bridgehead atoms. The van der Waals surface area contributed by atoms with Crippen molar-refractivity contribution < 1.29 is 13.5 Å². The van der Waals surface area contributed by atoms with Gasteiger partial charge in [0, 0.05) is 36.8 Å². The fraction of sp³-hybridized carbons (Fsp3) is 0.280. The van der Waals surface area contributed by atoms with E-state index in [1.165, 1.54) is 6.07 Å². The number of aryl methyl sites for hydroxylation is 1. The highest BCUT2D eigenvalue weighted by Gasteiger charge is 2.41. The van der Waals surface area contributed by atoms with Crippen LogP contribution in [0.25, 0.3) is 5.82 Å². The minimum absolute atomic E-state index is 0.122. The fourth-order valence-electron chi connectivity index (χ4n) is 4.47. The molecular weight excluding hydrogens is 466 g/mol. The monoisotopic (exact) mass is 492 g/mol. The Bertz CT molecular complexity index is 1450. The van der Waals surface area contributed by atoms with E-state index in [4.69, 9.17) is 9.72 Å². The molecule has 5 rings (SSSR count). The van der Waals surface area contributed by atoms with E-state index in [2.05, 4.69) is 25.6 Å². The highest BCUT2D eigenvalue weighted by atomic mass is 19.2. The molecular formula is C25H26F2N8O. The lowest BCUT2D eigenvalue weighted by atomic mass is 9.88. The molecule has 1 aromatic carbocycles. The number of rotatable bonds is 6. The number of nitrogens with one attached hydrogen (secondary N) is 2. The van der Waals surface area contributed by atoms with E-state index >= 15 is 0 Å². The molecule has 0 saturated carbocycles. The lowest BCUT2D eigenvalue weighted by Gasteiger charge is -2.22. The third-order valence-electron chi connectivity index (χ3n) is 6.10. The van der Waals surface area contributed by atoms with E-state index in [9.17, 15) is 8.78 Å². The van der Waals surface area contributed by atoms with Crippen LogP contribution in [-0.4, -0.2) is 45.2 Å². The van der Waals surface area contributed by atoms with E-state index in [-0.39, 0.29) is 11.6 Å². The summed E-state index contributed by atoms with van der Waals surface area (Å²) in [4.78, 5) is 19.8. The van der Waals surface area contributed by atoms with Gasteiger partial charge in [0.1, 0.15) is 18.0 Å². The first-order valence-corrected chi connectivity index (χ1v) is 11.4. The van der Waals surface area contributed by atoms with Gasteiger partial charge in [0.15, 0.2) is 23.2 Å². The van der Waals surface area contributed by atoms with Crippen molar-refractivity contribution in [2.24, 2.45) is 0 Å². The highest BCUT2D eigenvalue weighted by molar-refractivity contribution is 5.76. The Morgan fingerprint density at radius 1 is 1.11 bits per heavy atom. The number of anilines is 5. The van der Waals surface area contributed by atoms with E-state index in [0.29, 0.717) is 35.4 Å². The summed E-state index contributed by atoms with van der Waals surface area (Å²) in [5, 5.41) is 6.29. The molecule has 11 heteroatoms. The van der Waals surface area contributed by atoms with Gasteiger partial charge in [-0.25, -0.2) is 18.7 Å². The van der Waals surface area contributed by atoms with Crippen molar-refractivity contribution in [2.45, 2.75) is 26.2 Å². The minimum atomic E-state index is -0.917. The second kappa shape index (κ2) is 8.74. The summed E-state index contributed by atoms with van der Waals surface area (Å²) in [6.07, 6.45) is 5.15. The Morgan fingerprint density at radius 2 is 1.92 bits per heavy atom. The van der Waals surface area contributed by atoms with Gasteiger partial charge in [0.05, 0.1) is 30.4 Å². The van der Waals surface area contributed by atoms with Crippen molar-refractivity contribution in [3.8, 4) is 11.6 Å². The van der Waals surface area contributed by atoms with Gasteiger partial charge < -0.3 is 20.3 Å². The van der Waals surface area contributed by atoms with E-state index < -0.39 is 17.0 Å². The number of aromatic nitrogens is 5. The van der Waals surface area contributed by atoms with Crippen LogP contribution in [0.5, 0.6) is 5.75 Å². The standard InChI is InChI=1S/C25H26F2N8O/c1-14-11-34(13-30-14)22-18(36-5)9-15(10-29-22)31-24-32-21(28-4)19-23(33-24)35(12-25(19,2)3)17-8-6-7-16(26)20(17)27/h6-11,13H,12H2,1-5H3,(H2,28,31,32,33). The van der Waals surface area contributed by atoms with E-state index in [0.717, 1.165) is 17.3 Å². The lowest BCUT2D eigenvalue weighted by Crippen LogP contribution is -2.26. The van der Waals surface area contributed by atoms with Gasteiger partial charge in [-0.3, -0.25) is 4.57 Å². The zero-order valence-electron chi connectivity index (χ0n) is 20.6. The molecule has 0 spiro atoms. The number of methoxy groups -OCH3 is 1. The van der Waals surface area contributed by atoms with Crippen molar-refractivity contribution in [2.75, 3.05) is 36.2 Å². The first kappa shape index (κ1) is 23.5. The third-order valence-corrected chi connectivity index (χ3v) is 6.10. The molecule has 186 valence electrons. The predicted octanol–water partition coefficient (Wildman–Crippen LogP) is 4.87. The van der Waals surface area contributed by atoms with Crippen LogP contribution < -0.4 is 20.3 Å². The Balaban J connectivity index is 1.56. The summed E-state index contributed by atoms with van der Waals surface area (Å²) in [6.45, 7) is 6.34. The number of ether oxygens (including phenoxy) is 1. The van der Waals surface area contributed by atoms with Gasteiger partial charge in [-0.2, -0.15) is 9.97 Å². The number of imidazole rings is 1. The fourth-order valence-corrected chi connectivity index (χ4v) is 4.47. The molecule has 0 aliphatic carbocycles. The summed E-state index contributed by atoms with van der Waals surface area (Å²) >= 11 is 0. The van der Waals surface area contributed by atoms with E-state index in [1.807, 2.05) is 27.0 Å². The van der Waals surface area contributed by atoms with Crippen molar-refractivity contribution in [3.05, 3.63) is 65.9 Å². The van der Waals surface area contributed by atoms with Gasteiger partial charge >= 0.3 is 0 Å². The molecule has 1 aliphatic heterocycles. The summed E-state index contributed by atoms with van der Waals surface area (Å²) in [5.74, 6) is 0.647. The van der Waals surface area contributed by atoms with Gasteiger partial charge in [0.25, 0.3) is 0 Å². The molecule has 0 unspecified atom stereocenters. The Labute approximate surface area is 207 Å². The molecule has 36 heavy (non-hydrogen) atoms. The minimum Gasteiger partial charge on any atom is -0.493 e. The van der Waals surface area contributed by atoms with Gasteiger partial charge in [0.2, 0.25) is 5.95 Å². The number of hydrogen-bond donors (Lipinski definition) is 2. The third kappa shape index (κ3) is 3.96. The molecule has 3 aromatic heterocycles. The molecule has 4 aromatic rings. The van der Waals surface area contributed by atoms with Crippen LogP contribution in [0, 0.1) is 18.6 Å². The number of pyridine rings is 1. The van der Waals surface area contributed by atoms with Crippen LogP contribution in [0.2, 0.25) is 0 Å². The number of fused-ring (bicyclic) bond motifs is 1. The molecule has 2 N–H and O–H groups in total. The number of benzene rings is 1. The second-order valence-corrected chi connectivity index (χ2v) is 9.18. The maximum absolute atomic E-state index is 14.8. The summed E-state index contributed by atoms with van der Waals surface area (Å²) in [6, 6.07) is 5.91.